The molecule has 0 aromatic carbocycles. The fourth-order valence-electron chi connectivity index (χ4n) is 9.94. The number of carbonyl (C=O) groups is 2. The average Bonchev–Trinajstić information content (AvgIpc) is 3.40. The highest BCUT2D eigenvalue weighted by Gasteiger charge is 2.84. The van der Waals surface area contributed by atoms with Crippen LogP contribution in [0, 0.1) is 45.8 Å². The van der Waals surface area contributed by atoms with E-state index in [4.69, 9.17) is 18.9 Å². The van der Waals surface area contributed by atoms with Gasteiger partial charge in [0, 0.05) is 11.8 Å². The van der Waals surface area contributed by atoms with Gasteiger partial charge in [0.15, 0.2) is 6.29 Å². The van der Waals surface area contributed by atoms with Crippen LogP contribution in [0.15, 0.2) is 11.6 Å². The van der Waals surface area contributed by atoms with Gasteiger partial charge in [-0.15, -0.1) is 0 Å². The van der Waals surface area contributed by atoms with Crippen LogP contribution in [0.1, 0.15) is 66.7 Å². The summed E-state index contributed by atoms with van der Waals surface area (Å²) < 4.78 is 25.0. The van der Waals surface area contributed by atoms with Gasteiger partial charge in [-0.25, -0.2) is 0 Å². The zero-order valence-electron chi connectivity index (χ0n) is 22.3. The van der Waals surface area contributed by atoms with Gasteiger partial charge in [-0.3, -0.25) is 4.79 Å². The Morgan fingerprint density at radius 1 is 1.22 bits per heavy atom. The fourth-order valence-corrected chi connectivity index (χ4v) is 9.94. The Labute approximate surface area is 214 Å². The number of hydrogen-bond acceptors (Lipinski definition) is 6. The fraction of sp³-hybridized carbons (Fsp3) is 0.862. The Kier molecular flexibility index (Phi) is 5.81. The maximum Gasteiger partial charge on any atom is 0.315 e. The first-order valence-electron chi connectivity index (χ1n) is 14.1. The number of hydrogen-bond donors (Lipinski definition) is 1. The van der Waals surface area contributed by atoms with Gasteiger partial charge in [0.2, 0.25) is 0 Å². The first kappa shape index (κ1) is 25.0. The first-order chi connectivity index (χ1) is 17.1. The lowest BCUT2D eigenvalue weighted by Gasteiger charge is -2.58. The molecule has 5 fully saturated rings. The lowest BCUT2D eigenvalue weighted by molar-refractivity contribution is -0.301. The van der Waals surface area contributed by atoms with E-state index in [9.17, 15) is 14.7 Å². The van der Waals surface area contributed by atoms with Crippen LogP contribution in [0.5, 0.6) is 0 Å². The van der Waals surface area contributed by atoms with Gasteiger partial charge in [0.05, 0.1) is 36.9 Å². The zero-order valence-corrected chi connectivity index (χ0v) is 22.3. The maximum atomic E-state index is 13.6. The number of carbonyl (C=O) groups excluding carboxylic acids is 1. The Hall–Kier alpha value is -1.28. The van der Waals surface area contributed by atoms with Crippen molar-refractivity contribution >= 4 is 12.3 Å². The molecule has 2 aliphatic heterocycles. The standard InChI is InChI=1S/C29H42O7/c1-15(2)22-8-19-10-27(13-30)21-7-6-16(3)20(21)11-28(19,29(22,27)26(31)32)14-34-24-9-23-25(18(5)36-24)33-12-17(4)35-23/h8,13,15-21,23-25H,6-7,9-12,14H2,1-5H3,(H,31,32)/t16?,17-,18-,19?,20?,21?,23+,24-,25+,27?,28?,29?/m1/s1. The summed E-state index contributed by atoms with van der Waals surface area (Å²) in [5, 5.41) is 11.1. The van der Waals surface area contributed by atoms with E-state index >= 15 is 0 Å². The van der Waals surface area contributed by atoms with Crippen LogP contribution in [0.4, 0.5) is 0 Å². The summed E-state index contributed by atoms with van der Waals surface area (Å²) in [6.45, 7) is 11.3. The van der Waals surface area contributed by atoms with E-state index in [0.717, 1.165) is 31.1 Å². The summed E-state index contributed by atoms with van der Waals surface area (Å²) in [4.78, 5) is 26.7. The molecule has 4 aliphatic carbocycles. The van der Waals surface area contributed by atoms with Crippen LogP contribution in [-0.4, -0.2) is 61.3 Å². The van der Waals surface area contributed by atoms with Crippen molar-refractivity contribution in [3.8, 4) is 0 Å². The molecule has 6 aliphatic rings. The average molecular weight is 503 g/mol. The van der Waals surface area contributed by atoms with Crippen molar-refractivity contribution < 1.29 is 33.6 Å². The molecule has 2 heterocycles. The predicted octanol–water partition coefficient (Wildman–Crippen LogP) is 4.24. The number of aldehydes is 1. The van der Waals surface area contributed by atoms with Crippen LogP contribution >= 0.6 is 0 Å². The topological polar surface area (TPSA) is 91.3 Å². The van der Waals surface area contributed by atoms with Crippen molar-refractivity contribution in [3.05, 3.63) is 11.6 Å². The molecule has 0 amide bonds. The highest BCUT2D eigenvalue weighted by Crippen LogP contribution is 2.82. The Balaban J connectivity index is 1.36. The summed E-state index contributed by atoms with van der Waals surface area (Å²) in [5.41, 5.74) is -1.78. The largest absolute Gasteiger partial charge is 0.481 e. The van der Waals surface area contributed by atoms with E-state index in [1.807, 2.05) is 13.8 Å². The highest BCUT2D eigenvalue weighted by atomic mass is 16.7. The molecule has 4 bridgehead atoms. The third-order valence-electron chi connectivity index (χ3n) is 11.2. The molecular weight excluding hydrogens is 460 g/mol. The number of carboxylic acids is 1. The third-order valence-corrected chi connectivity index (χ3v) is 11.2. The quantitative estimate of drug-likeness (QED) is 0.429. The molecule has 0 aromatic rings. The number of allylic oxidation sites excluding steroid dienone is 1. The van der Waals surface area contributed by atoms with Crippen molar-refractivity contribution in [2.75, 3.05) is 13.2 Å². The lowest BCUT2D eigenvalue weighted by atomic mass is 9.43. The second-order valence-corrected chi connectivity index (χ2v) is 13.1. The first-order valence-corrected chi connectivity index (χ1v) is 14.1. The van der Waals surface area contributed by atoms with Crippen LogP contribution in [0.2, 0.25) is 0 Å². The van der Waals surface area contributed by atoms with Gasteiger partial charge in [0.25, 0.3) is 0 Å². The second kappa shape index (κ2) is 8.36. The molecule has 2 saturated heterocycles. The predicted molar refractivity (Wildman–Crippen MR) is 131 cm³/mol. The van der Waals surface area contributed by atoms with Crippen molar-refractivity contribution in [3.63, 3.8) is 0 Å². The number of ether oxygens (including phenoxy) is 4. The molecule has 0 spiro atoms. The Morgan fingerprint density at radius 3 is 2.69 bits per heavy atom. The molecule has 6 rings (SSSR count). The van der Waals surface area contributed by atoms with Crippen LogP contribution in [0.25, 0.3) is 0 Å². The second-order valence-electron chi connectivity index (χ2n) is 13.1. The summed E-state index contributed by atoms with van der Waals surface area (Å²) in [7, 11) is 0. The van der Waals surface area contributed by atoms with E-state index in [-0.39, 0.29) is 48.8 Å². The summed E-state index contributed by atoms with van der Waals surface area (Å²) in [5.74, 6) is 0.205. The molecule has 36 heavy (non-hydrogen) atoms. The minimum absolute atomic E-state index is 0.0250. The van der Waals surface area contributed by atoms with Crippen LogP contribution < -0.4 is 0 Å². The summed E-state index contributed by atoms with van der Waals surface area (Å²) in [6.07, 6.45) is 6.43. The Morgan fingerprint density at radius 2 is 2.00 bits per heavy atom. The van der Waals surface area contributed by atoms with Gasteiger partial charge in [-0.05, 0) is 62.7 Å². The molecular formula is C29H42O7. The highest BCUT2D eigenvalue weighted by molar-refractivity contribution is 5.90. The van der Waals surface area contributed by atoms with E-state index in [0.29, 0.717) is 31.3 Å². The van der Waals surface area contributed by atoms with Crippen molar-refractivity contribution in [2.24, 2.45) is 45.8 Å². The monoisotopic (exact) mass is 502 g/mol. The van der Waals surface area contributed by atoms with Crippen molar-refractivity contribution in [2.45, 2.75) is 97.4 Å². The van der Waals surface area contributed by atoms with Gasteiger partial charge >= 0.3 is 5.97 Å². The molecule has 1 N–H and O–H groups in total. The number of carboxylic acid groups (broad SMARTS) is 1. The lowest BCUT2D eigenvalue weighted by Crippen LogP contribution is -2.64. The normalized spacial score (nSPS) is 53.2. The van der Waals surface area contributed by atoms with Crippen molar-refractivity contribution in [1.29, 1.82) is 0 Å². The van der Waals surface area contributed by atoms with Gasteiger partial charge in [-0.1, -0.05) is 38.8 Å². The van der Waals surface area contributed by atoms with Crippen LogP contribution in [0.3, 0.4) is 0 Å². The maximum absolute atomic E-state index is 13.6. The van der Waals surface area contributed by atoms with Crippen molar-refractivity contribution in [1.82, 2.24) is 0 Å². The number of aliphatic carboxylic acids is 1. The summed E-state index contributed by atoms with van der Waals surface area (Å²) >= 11 is 0. The van der Waals surface area contributed by atoms with E-state index in [1.165, 1.54) is 0 Å². The molecule has 12 atom stereocenters. The molecule has 0 radical (unpaired) electrons. The van der Waals surface area contributed by atoms with Gasteiger partial charge in [0.1, 0.15) is 17.8 Å². The Bertz CT molecular complexity index is 961. The SMILES string of the molecule is CC(C)C1=CC2CC3(C=O)C4CCC(C)C4CC2(CO[C@H]2C[C@@H]4O[C@H](C)CO[C@H]4[C@@H](C)O2)C13C(=O)O. The van der Waals surface area contributed by atoms with Gasteiger partial charge < -0.3 is 28.8 Å². The molecule has 7 unspecified atom stereocenters. The zero-order chi connectivity index (χ0) is 25.6. The van der Waals surface area contributed by atoms with E-state index in [2.05, 4.69) is 26.8 Å². The van der Waals surface area contributed by atoms with E-state index < -0.39 is 28.5 Å². The minimum atomic E-state index is -1.21. The number of rotatable bonds is 6. The molecule has 0 aromatic heterocycles. The smallest absolute Gasteiger partial charge is 0.315 e. The van der Waals surface area contributed by atoms with Gasteiger partial charge in [-0.2, -0.15) is 0 Å². The van der Waals surface area contributed by atoms with E-state index in [1.54, 1.807) is 0 Å². The molecule has 3 saturated carbocycles. The molecule has 7 heteroatoms. The summed E-state index contributed by atoms with van der Waals surface area (Å²) in [6, 6.07) is 0. The molecule has 7 nitrogen and oxygen atoms in total. The van der Waals surface area contributed by atoms with Crippen LogP contribution in [-0.2, 0) is 28.5 Å². The molecule has 200 valence electrons. The third kappa shape index (κ3) is 2.95. The number of fused-ring (bicyclic) bond motifs is 3. The minimum Gasteiger partial charge on any atom is -0.481 e.